The first-order chi connectivity index (χ1) is 8.16. The van der Waals surface area contributed by atoms with Gasteiger partial charge in [-0.15, -0.1) is 0 Å². The molecule has 2 unspecified atom stereocenters. The highest BCUT2D eigenvalue weighted by molar-refractivity contribution is 5.19. The van der Waals surface area contributed by atoms with E-state index in [9.17, 15) is 9.50 Å². The third-order valence-corrected chi connectivity index (χ3v) is 3.49. The number of hydrogen-bond donors (Lipinski definition) is 1. The van der Waals surface area contributed by atoms with Gasteiger partial charge in [-0.3, -0.25) is 0 Å². The van der Waals surface area contributed by atoms with Gasteiger partial charge in [0, 0.05) is 18.7 Å². The van der Waals surface area contributed by atoms with E-state index in [0.717, 1.165) is 25.6 Å². The summed E-state index contributed by atoms with van der Waals surface area (Å²) < 4.78 is 13.4. The molecule has 0 radical (unpaired) electrons. The Morgan fingerprint density at radius 2 is 2.24 bits per heavy atom. The Morgan fingerprint density at radius 1 is 1.47 bits per heavy atom. The second-order valence-corrected chi connectivity index (χ2v) is 5.02. The number of likely N-dealkylation sites (tertiary alicyclic amines) is 1. The fraction of sp³-hybridized carbons (Fsp3) is 0.571. The standard InChI is InChI=1S/C14H20FNO/c1-11-6-8-16(10-11)9-7-14(17)12-4-2-3-5-13(12)15/h2-5,11,14,17H,6-10H2,1H3. The maximum absolute atomic E-state index is 13.4. The van der Waals surface area contributed by atoms with Crippen LogP contribution in [0.4, 0.5) is 4.39 Å². The van der Waals surface area contributed by atoms with Gasteiger partial charge in [0.25, 0.3) is 0 Å². The minimum Gasteiger partial charge on any atom is -0.388 e. The summed E-state index contributed by atoms with van der Waals surface area (Å²) in [5.41, 5.74) is 0.416. The molecule has 1 saturated heterocycles. The van der Waals surface area contributed by atoms with E-state index in [-0.39, 0.29) is 5.82 Å². The van der Waals surface area contributed by atoms with Crippen LogP contribution in [0.15, 0.2) is 24.3 Å². The van der Waals surface area contributed by atoms with E-state index in [1.54, 1.807) is 18.2 Å². The minimum atomic E-state index is -0.688. The molecule has 0 spiro atoms. The number of aliphatic hydroxyl groups excluding tert-OH is 1. The zero-order valence-electron chi connectivity index (χ0n) is 10.3. The van der Waals surface area contributed by atoms with Crippen molar-refractivity contribution in [2.45, 2.75) is 25.9 Å². The number of halogens is 1. The smallest absolute Gasteiger partial charge is 0.128 e. The first-order valence-electron chi connectivity index (χ1n) is 6.31. The van der Waals surface area contributed by atoms with Crippen LogP contribution < -0.4 is 0 Å². The number of rotatable bonds is 4. The molecule has 1 N–H and O–H groups in total. The maximum atomic E-state index is 13.4. The highest BCUT2D eigenvalue weighted by Gasteiger charge is 2.20. The molecule has 2 nitrogen and oxygen atoms in total. The molecule has 1 aliphatic heterocycles. The molecule has 1 aromatic carbocycles. The Labute approximate surface area is 102 Å². The molecule has 0 aromatic heterocycles. The molecule has 1 aliphatic rings. The van der Waals surface area contributed by atoms with Crippen LogP contribution in [0.25, 0.3) is 0 Å². The second-order valence-electron chi connectivity index (χ2n) is 5.02. The van der Waals surface area contributed by atoms with Gasteiger partial charge in [-0.2, -0.15) is 0 Å². The van der Waals surface area contributed by atoms with Crippen molar-refractivity contribution in [1.82, 2.24) is 4.90 Å². The lowest BCUT2D eigenvalue weighted by atomic mass is 10.1. The quantitative estimate of drug-likeness (QED) is 0.870. The Bertz CT molecular complexity index is 369. The Morgan fingerprint density at radius 3 is 2.88 bits per heavy atom. The van der Waals surface area contributed by atoms with Gasteiger partial charge < -0.3 is 10.0 Å². The van der Waals surface area contributed by atoms with Crippen molar-refractivity contribution in [3.63, 3.8) is 0 Å². The third kappa shape index (κ3) is 3.27. The van der Waals surface area contributed by atoms with Gasteiger partial charge in [-0.25, -0.2) is 4.39 Å². The van der Waals surface area contributed by atoms with E-state index in [1.807, 2.05) is 0 Å². The molecule has 0 bridgehead atoms. The predicted molar refractivity (Wildman–Crippen MR) is 66.2 cm³/mol. The van der Waals surface area contributed by atoms with Gasteiger partial charge in [0.05, 0.1) is 6.10 Å². The van der Waals surface area contributed by atoms with Gasteiger partial charge in [-0.1, -0.05) is 25.1 Å². The van der Waals surface area contributed by atoms with Crippen molar-refractivity contribution in [3.8, 4) is 0 Å². The lowest BCUT2D eigenvalue weighted by Gasteiger charge is -2.18. The number of hydrogen-bond acceptors (Lipinski definition) is 2. The Hall–Kier alpha value is -0.930. The summed E-state index contributed by atoms with van der Waals surface area (Å²) in [6, 6.07) is 6.47. The van der Waals surface area contributed by atoms with E-state index in [2.05, 4.69) is 11.8 Å². The van der Waals surface area contributed by atoms with Crippen LogP contribution in [0.3, 0.4) is 0 Å². The summed E-state index contributed by atoms with van der Waals surface area (Å²) in [5, 5.41) is 9.96. The summed E-state index contributed by atoms with van der Waals surface area (Å²) in [7, 11) is 0. The van der Waals surface area contributed by atoms with Gasteiger partial charge in [-0.05, 0) is 31.4 Å². The zero-order chi connectivity index (χ0) is 12.3. The molecular weight excluding hydrogens is 217 g/mol. The van der Waals surface area contributed by atoms with Crippen LogP contribution in [0.1, 0.15) is 31.4 Å². The van der Waals surface area contributed by atoms with Crippen molar-refractivity contribution in [2.75, 3.05) is 19.6 Å². The molecule has 0 saturated carbocycles. The Balaban J connectivity index is 1.85. The van der Waals surface area contributed by atoms with E-state index >= 15 is 0 Å². The number of nitrogens with zero attached hydrogens (tertiary/aromatic N) is 1. The van der Waals surface area contributed by atoms with Crippen LogP contribution in [-0.4, -0.2) is 29.6 Å². The topological polar surface area (TPSA) is 23.5 Å². The monoisotopic (exact) mass is 237 g/mol. The van der Waals surface area contributed by atoms with E-state index in [0.29, 0.717) is 12.0 Å². The predicted octanol–water partition coefficient (Wildman–Crippen LogP) is 2.59. The minimum absolute atomic E-state index is 0.310. The van der Waals surface area contributed by atoms with Gasteiger partial charge in [0.15, 0.2) is 0 Å². The van der Waals surface area contributed by atoms with E-state index < -0.39 is 6.10 Å². The summed E-state index contributed by atoms with van der Waals surface area (Å²) in [6.45, 7) is 5.29. The first kappa shape index (κ1) is 12.5. The highest BCUT2D eigenvalue weighted by atomic mass is 19.1. The SMILES string of the molecule is CC1CCN(CCC(O)c2ccccc2F)C1. The largest absolute Gasteiger partial charge is 0.388 e. The molecule has 0 amide bonds. The van der Waals surface area contributed by atoms with Gasteiger partial charge >= 0.3 is 0 Å². The van der Waals surface area contributed by atoms with Gasteiger partial charge in [0.2, 0.25) is 0 Å². The molecule has 94 valence electrons. The van der Waals surface area contributed by atoms with Crippen LogP contribution in [-0.2, 0) is 0 Å². The lowest BCUT2D eigenvalue weighted by Crippen LogP contribution is -2.23. The average molecular weight is 237 g/mol. The van der Waals surface area contributed by atoms with Crippen molar-refractivity contribution < 1.29 is 9.50 Å². The zero-order valence-corrected chi connectivity index (χ0v) is 10.3. The lowest BCUT2D eigenvalue weighted by molar-refractivity contribution is 0.144. The van der Waals surface area contributed by atoms with Crippen LogP contribution in [0.2, 0.25) is 0 Å². The van der Waals surface area contributed by atoms with Crippen molar-refractivity contribution in [1.29, 1.82) is 0 Å². The second kappa shape index (κ2) is 5.61. The third-order valence-electron chi connectivity index (χ3n) is 3.49. The molecule has 3 heteroatoms. The van der Waals surface area contributed by atoms with Crippen LogP contribution in [0, 0.1) is 11.7 Å². The average Bonchev–Trinajstić information content (AvgIpc) is 2.73. The number of aliphatic hydroxyl groups is 1. The normalized spacial score (nSPS) is 22.9. The van der Waals surface area contributed by atoms with Crippen molar-refractivity contribution >= 4 is 0 Å². The van der Waals surface area contributed by atoms with Gasteiger partial charge in [0.1, 0.15) is 5.82 Å². The van der Waals surface area contributed by atoms with E-state index in [4.69, 9.17) is 0 Å². The first-order valence-corrected chi connectivity index (χ1v) is 6.31. The van der Waals surface area contributed by atoms with Crippen molar-refractivity contribution in [3.05, 3.63) is 35.6 Å². The summed E-state index contributed by atoms with van der Waals surface area (Å²) in [5.74, 6) is 0.440. The van der Waals surface area contributed by atoms with E-state index in [1.165, 1.54) is 12.5 Å². The molecule has 2 rings (SSSR count). The summed E-state index contributed by atoms with van der Waals surface area (Å²) in [4.78, 5) is 2.34. The molecule has 2 atom stereocenters. The molecule has 1 fully saturated rings. The molecule has 1 aromatic rings. The van der Waals surface area contributed by atoms with Crippen LogP contribution >= 0.6 is 0 Å². The maximum Gasteiger partial charge on any atom is 0.128 e. The molecular formula is C14H20FNO. The molecule has 0 aliphatic carbocycles. The molecule has 17 heavy (non-hydrogen) atoms. The number of benzene rings is 1. The fourth-order valence-electron chi connectivity index (χ4n) is 2.44. The Kier molecular flexibility index (Phi) is 4.13. The summed E-state index contributed by atoms with van der Waals surface area (Å²) >= 11 is 0. The fourth-order valence-corrected chi connectivity index (χ4v) is 2.44. The summed E-state index contributed by atoms with van der Waals surface area (Å²) in [6.07, 6.45) is 1.15. The van der Waals surface area contributed by atoms with Crippen molar-refractivity contribution in [2.24, 2.45) is 5.92 Å². The molecule has 1 heterocycles. The van der Waals surface area contributed by atoms with Crippen LogP contribution in [0.5, 0.6) is 0 Å². The highest BCUT2D eigenvalue weighted by Crippen LogP contribution is 2.22.